The molecule has 0 saturated carbocycles. The Kier molecular flexibility index (Phi) is 5.73. The zero-order valence-corrected chi connectivity index (χ0v) is 12.5. The number of alkyl halides is 4. The zero-order chi connectivity index (χ0) is 18.6. The molecule has 0 aliphatic heterocycles. The first-order chi connectivity index (χ1) is 11.8. The number of aromatic nitrogens is 2. The molecule has 0 bridgehead atoms. The van der Waals surface area contributed by atoms with E-state index in [2.05, 4.69) is 5.10 Å². The van der Waals surface area contributed by atoms with E-state index in [-0.39, 0.29) is 11.3 Å². The number of benzene rings is 1. The molecule has 2 aromatic rings. The average Bonchev–Trinajstić information content (AvgIpc) is 2.54. The predicted molar refractivity (Wildman–Crippen MR) is 78.4 cm³/mol. The normalized spacial score (nSPS) is 11.1. The summed E-state index contributed by atoms with van der Waals surface area (Å²) in [5, 5.41) is 12.8. The fraction of sp³-hybridized carbons (Fsp3) is 0.267. The van der Waals surface area contributed by atoms with Crippen LogP contribution in [0, 0.1) is 0 Å². The molecule has 1 aromatic heterocycles. The van der Waals surface area contributed by atoms with Gasteiger partial charge in [-0.15, -0.1) is 0 Å². The molecule has 0 aliphatic carbocycles. The van der Waals surface area contributed by atoms with Gasteiger partial charge in [0.1, 0.15) is 30.2 Å². The molecule has 0 aliphatic rings. The Morgan fingerprint density at radius 1 is 1.20 bits per heavy atom. The first kappa shape index (κ1) is 18.4. The summed E-state index contributed by atoms with van der Waals surface area (Å²) < 4.78 is 55.4. The predicted octanol–water partition coefficient (Wildman–Crippen LogP) is 2.52. The monoisotopic (exact) mass is 360 g/mol. The second-order valence-electron chi connectivity index (χ2n) is 4.84. The standard InChI is InChI=1S/C15H12F4N2O4/c16-11(17)6-21-5-9(15(23)24)14(22)13(20-21)8-3-1-2-4-10(8)25-7-12(18)19/h1-5,11-12H,6-7H2,(H,23,24). The molecule has 1 N–H and O–H groups in total. The van der Waals surface area contributed by atoms with Crippen molar-refractivity contribution >= 4 is 5.97 Å². The van der Waals surface area contributed by atoms with Crippen LogP contribution in [0.3, 0.4) is 0 Å². The number of rotatable bonds is 7. The topological polar surface area (TPSA) is 81.4 Å². The fourth-order valence-corrected chi connectivity index (χ4v) is 2.04. The number of hydrogen-bond donors (Lipinski definition) is 1. The number of carbonyl (C=O) groups is 1. The van der Waals surface area contributed by atoms with E-state index >= 15 is 0 Å². The Morgan fingerprint density at radius 3 is 2.48 bits per heavy atom. The first-order valence-corrected chi connectivity index (χ1v) is 6.93. The van der Waals surface area contributed by atoms with Gasteiger partial charge in [-0.2, -0.15) is 5.10 Å². The van der Waals surface area contributed by atoms with Crippen LogP contribution in [-0.2, 0) is 6.54 Å². The van der Waals surface area contributed by atoms with Crippen LogP contribution in [0.5, 0.6) is 5.75 Å². The van der Waals surface area contributed by atoms with Crippen molar-refractivity contribution in [2.75, 3.05) is 6.61 Å². The summed E-state index contributed by atoms with van der Waals surface area (Å²) in [6.07, 6.45) is -4.92. The third-order valence-corrected chi connectivity index (χ3v) is 3.03. The molecule has 6 nitrogen and oxygen atoms in total. The van der Waals surface area contributed by atoms with Crippen molar-refractivity contribution in [3.8, 4) is 17.0 Å². The summed E-state index contributed by atoms with van der Waals surface area (Å²) in [5.41, 5.74) is -2.36. The molecule has 2 rings (SSSR count). The van der Waals surface area contributed by atoms with Crippen LogP contribution >= 0.6 is 0 Å². The number of carboxylic acids is 1. The molecule has 0 spiro atoms. The van der Waals surface area contributed by atoms with Crippen LogP contribution in [0.1, 0.15) is 10.4 Å². The summed E-state index contributed by atoms with van der Waals surface area (Å²) in [6, 6.07) is 5.46. The second-order valence-corrected chi connectivity index (χ2v) is 4.84. The van der Waals surface area contributed by atoms with Crippen molar-refractivity contribution < 1.29 is 32.2 Å². The molecule has 10 heteroatoms. The summed E-state index contributed by atoms with van der Waals surface area (Å²) in [4.78, 5) is 23.5. The van der Waals surface area contributed by atoms with E-state index in [0.29, 0.717) is 10.9 Å². The third-order valence-electron chi connectivity index (χ3n) is 3.03. The van der Waals surface area contributed by atoms with E-state index in [1.807, 2.05) is 0 Å². The van der Waals surface area contributed by atoms with Gasteiger partial charge in [0, 0.05) is 11.8 Å². The zero-order valence-electron chi connectivity index (χ0n) is 12.5. The summed E-state index contributed by atoms with van der Waals surface area (Å²) in [7, 11) is 0. The first-order valence-electron chi connectivity index (χ1n) is 6.93. The quantitative estimate of drug-likeness (QED) is 0.768. The number of nitrogens with zero attached hydrogens (tertiary/aromatic N) is 2. The van der Waals surface area contributed by atoms with Crippen LogP contribution in [0.4, 0.5) is 17.6 Å². The molecule has 0 radical (unpaired) electrons. The maximum atomic E-state index is 12.6. The molecule has 134 valence electrons. The molecular formula is C15H12F4N2O4. The second kappa shape index (κ2) is 7.77. The average molecular weight is 360 g/mol. The lowest BCUT2D eigenvalue weighted by atomic mass is 10.1. The van der Waals surface area contributed by atoms with E-state index < -0.39 is 48.7 Å². The van der Waals surface area contributed by atoms with Crippen LogP contribution in [0.15, 0.2) is 35.3 Å². The van der Waals surface area contributed by atoms with Gasteiger partial charge in [-0.05, 0) is 12.1 Å². The number of halogens is 4. The molecule has 25 heavy (non-hydrogen) atoms. The number of aromatic carboxylic acids is 1. The van der Waals surface area contributed by atoms with Crippen molar-refractivity contribution in [3.05, 3.63) is 46.2 Å². The number of hydrogen-bond acceptors (Lipinski definition) is 4. The molecule has 1 aromatic carbocycles. The van der Waals surface area contributed by atoms with Crippen molar-refractivity contribution in [1.82, 2.24) is 9.78 Å². The van der Waals surface area contributed by atoms with Gasteiger partial charge in [0.25, 0.3) is 12.9 Å². The summed E-state index contributed by atoms with van der Waals surface area (Å²) in [5.74, 6) is -1.76. The van der Waals surface area contributed by atoms with Crippen LogP contribution < -0.4 is 10.2 Å². The Morgan fingerprint density at radius 2 is 1.88 bits per heavy atom. The van der Waals surface area contributed by atoms with Gasteiger partial charge in [-0.3, -0.25) is 9.48 Å². The molecular weight excluding hydrogens is 348 g/mol. The van der Waals surface area contributed by atoms with Gasteiger partial charge in [0.2, 0.25) is 5.43 Å². The minimum Gasteiger partial charge on any atom is -0.487 e. The smallest absolute Gasteiger partial charge is 0.341 e. The highest BCUT2D eigenvalue weighted by Crippen LogP contribution is 2.27. The van der Waals surface area contributed by atoms with Crippen molar-refractivity contribution in [2.45, 2.75) is 19.4 Å². The van der Waals surface area contributed by atoms with E-state index in [1.54, 1.807) is 0 Å². The highest BCUT2D eigenvalue weighted by atomic mass is 19.3. The van der Waals surface area contributed by atoms with E-state index in [9.17, 15) is 27.2 Å². The third kappa shape index (κ3) is 4.55. The van der Waals surface area contributed by atoms with Crippen molar-refractivity contribution in [3.63, 3.8) is 0 Å². The molecule has 1 heterocycles. The van der Waals surface area contributed by atoms with Gasteiger partial charge >= 0.3 is 5.97 Å². The van der Waals surface area contributed by atoms with Gasteiger partial charge < -0.3 is 9.84 Å². The van der Waals surface area contributed by atoms with Crippen LogP contribution in [0.25, 0.3) is 11.3 Å². The molecule has 0 atom stereocenters. The lowest BCUT2D eigenvalue weighted by molar-refractivity contribution is 0.0691. The Bertz CT molecular complexity index is 823. The minimum absolute atomic E-state index is 0.0701. The van der Waals surface area contributed by atoms with Gasteiger partial charge in [0.15, 0.2) is 0 Å². The van der Waals surface area contributed by atoms with E-state index in [4.69, 9.17) is 9.84 Å². The lowest BCUT2D eigenvalue weighted by Gasteiger charge is -2.13. The van der Waals surface area contributed by atoms with E-state index in [0.717, 1.165) is 0 Å². The number of carboxylic acid groups (broad SMARTS) is 1. The van der Waals surface area contributed by atoms with Gasteiger partial charge in [-0.1, -0.05) is 12.1 Å². The summed E-state index contributed by atoms with van der Waals surface area (Å²) >= 11 is 0. The Hall–Kier alpha value is -2.91. The maximum absolute atomic E-state index is 12.6. The van der Waals surface area contributed by atoms with Crippen LogP contribution in [-0.4, -0.2) is 40.3 Å². The molecule has 0 unspecified atom stereocenters. The maximum Gasteiger partial charge on any atom is 0.341 e. The highest BCUT2D eigenvalue weighted by molar-refractivity contribution is 5.88. The van der Waals surface area contributed by atoms with E-state index in [1.165, 1.54) is 24.3 Å². The number of ether oxygens (including phenoxy) is 1. The molecule has 0 saturated heterocycles. The lowest BCUT2D eigenvalue weighted by Crippen LogP contribution is -2.24. The minimum atomic E-state index is -2.84. The van der Waals surface area contributed by atoms with Crippen LogP contribution in [0.2, 0.25) is 0 Å². The molecule has 0 fully saturated rings. The number of para-hydroxylation sites is 1. The highest BCUT2D eigenvalue weighted by Gasteiger charge is 2.20. The van der Waals surface area contributed by atoms with Gasteiger partial charge in [0.05, 0.1) is 0 Å². The van der Waals surface area contributed by atoms with Gasteiger partial charge in [-0.25, -0.2) is 22.4 Å². The SMILES string of the molecule is O=C(O)c1cn(CC(F)F)nc(-c2ccccc2OCC(F)F)c1=O. The fourth-order valence-electron chi connectivity index (χ4n) is 2.04. The largest absolute Gasteiger partial charge is 0.487 e. The summed E-state index contributed by atoms with van der Waals surface area (Å²) in [6.45, 7) is -1.89. The Balaban J connectivity index is 2.60. The molecule has 0 amide bonds. The van der Waals surface area contributed by atoms with Crippen molar-refractivity contribution in [2.24, 2.45) is 0 Å². The van der Waals surface area contributed by atoms with Crippen molar-refractivity contribution in [1.29, 1.82) is 0 Å². The Labute approximate surface area is 138 Å².